The monoisotopic (exact) mass is 427 g/mol. The first-order valence-electron chi connectivity index (χ1n) is 8.56. The molecular formula is C22H15Cl2NO4. The lowest BCUT2D eigenvalue weighted by atomic mass is 10.1. The Kier molecular flexibility index (Phi) is 6.65. The van der Waals surface area contributed by atoms with Crippen molar-refractivity contribution >= 4 is 46.5 Å². The van der Waals surface area contributed by atoms with E-state index in [9.17, 15) is 14.4 Å². The number of benzene rings is 3. The van der Waals surface area contributed by atoms with E-state index in [-0.39, 0.29) is 27.7 Å². The molecule has 0 saturated heterocycles. The van der Waals surface area contributed by atoms with E-state index in [0.29, 0.717) is 10.6 Å². The molecule has 0 saturated carbocycles. The summed E-state index contributed by atoms with van der Waals surface area (Å²) in [4.78, 5) is 37.1. The number of halogens is 2. The van der Waals surface area contributed by atoms with Gasteiger partial charge in [0.15, 0.2) is 12.4 Å². The number of hydrogen-bond acceptors (Lipinski definition) is 4. The maximum atomic E-state index is 12.5. The van der Waals surface area contributed by atoms with Gasteiger partial charge in [0.05, 0.1) is 21.3 Å². The predicted molar refractivity (Wildman–Crippen MR) is 112 cm³/mol. The summed E-state index contributed by atoms with van der Waals surface area (Å²) < 4.78 is 5.13. The van der Waals surface area contributed by atoms with Crippen molar-refractivity contribution < 1.29 is 19.1 Å². The molecule has 3 rings (SSSR count). The summed E-state index contributed by atoms with van der Waals surface area (Å²) >= 11 is 11.7. The number of para-hydroxylation sites is 1. The topological polar surface area (TPSA) is 72.5 Å². The Bertz CT molecular complexity index is 1070. The quantitative estimate of drug-likeness (QED) is 0.428. The number of carbonyl (C=O) groups is 3. The van der Waals surface area contributed by atoms with Gasteiger partial charge in [-0.05, 0) is 42.5 Å². The van der Waals surface area contributed by atoms with Gasteiger partial charge in [0.1, 0.15) is 0 Å². The SMILES string of the molecule is O=C(COC(=O)c1ccccc1NC(=O)c1ccccc1)c1ccc(Cl)c(Cl)c1. The molecule has 0 aliphatic heterocycles. The van der Waals surface area contributed by atoms with Crippen LogP contribution in [-0.2, 0) is 4.74 Å². The molecule has 0 spiro atoms. The normalized spacial score (nSPS) is 10.3. The fourth-order valence-corrected chi connectivity index (χ4v) is 2.81. The number of ketones is 1. The van der Waals surface area contributed by atoms with Crippen LogP contribution in [0.2, 0.25) is 10.0 Å². The summed E-state index contributed by atoms with van der Waals surface area (Å²) in [5.74, 6) is -1.53. The smallest absolute Gasteiger partial charge is 0.340 e. The lowest BCUT2D eigenvalue weighted by Gasteiger charge is -2.11. The summed E-state index contributed by atoms with van der Waals surface area (Å²) in [6.45, 7) is -0.474. The van der Waals surface area contributed by atoms with E-state index in [1.54, 1.807) is 48.5 Å². The average molecular weight is 428 g/mol. The minimum absolute atomic E-state index is 0.138. The van der Waals surface area contributed by atoms with Crippen LogP contribution >= 0.6 is 23.2 Å². The number of hydrogen-bond donors (Lipinski definition) is 1. The van der Waals surface area contributed by atoms with Gasteiger partial charge < -0.3 is 10.1 Å². The number of carbonyl (C=O) groups excluding carboxylic acids is 3. The average Bonchev–Trinajstić information content (AvgIpc) is 2.74. The van der Waals surface area contributed by atoms with Gasteiger partial charge in [-0.25, -0.2) is 4.79 Å². The van der Waals surface area contributed by atoms with E-state index in [2.05, 4.69) is 5.32 Å². The molecule has 0 bridgehead atoms. The fraction of sp³-hybridized carbons (Fsp3) is 0.0455. The second-order valence-corrected chi connectivity index (χ2v) is 6.81. The predicted octanol–water partition coefficient (Wildman–Crippen LogP) is 5.29. The highest BCUT2D eigenvalue weighted by Crippen LogP contribution is 2.23. The summed E-state index contributed by atoms with van der Waals surface area (Å²) in [7, 11) is 0. The maximum Gasteiger partial charge on any atom is 0.340 e. The molecule has 29 heavy (non-hydrogen) atoms. The van der Waals surface area contributed by atoms with Crippen molar-refractivity contribution in [3.8, 4) is 0 Å². The van der Waals surface area contributed by atoms with Crippen molar-refractivity contribution in [1.29, 1.82) is 0 Å². The van der Waals surface area contributed by atoms with E-state index in [1.807, 2.05) is 0 Å². The van der Waals surface area contributed by atoms with Gasteiger partial charge in [-0.3, -0.25) is 9.59 Å². The second kappa shape index (κ2) is 9.37. The molecule has 3 aromatic rings. The number of ether oxygens (including phenoxy) is 1. The Balaban J connectivity index is 1.69. The van der Waals surface area contributed by atoms with Crippen LogP contribution in [0.15, 0.2) is 72.8 Å². The first-order chi connectivity index (χ1) is 14.0. The summed E-state index contributed by atoms with van der Waals surface area (Å²) in [5, 5.41) is 3.24. The molecule has 0 heterocycles. The second-order valence-electron chi connectivity index (χ2n) is 5.99. The van der Waals surface area contributed by atoms with E-state index in [0.717, 1.165) is 0 Å². The highest BCUT2D eigenvalue weighted by atomic mass is 35.5. The third-order valence-corrected chi connectivity index (χ3v) is 4.75. The molecule has 3 aromatic carbocycles. The van der Waals surface area contributed by atoms with Crippen molar-refractivity contribution in [2.75, 3.05) is 11.9 Å². The molecule has 0 aliphatic carbocycles. The third-order valence-electron chi connectivity index (χ3n) is 4.01. The van der Waals surface area contributed by atoms with Gasteiger partial charge in [-0.15, -0.1) is 0 Å². The van der Waals surface area contributed by atoms with Gasteiger partial charge in [0.2, 0.25) is 0 Å². The number of Topliss-reactive ketones (excluding diaryl/α,β-unsaturated/α-hetero) is 1. The summed E-state index contributed by atoms with van der Waals surface area (Å²) in [6, 6.07) is 19.4. The molecule has 1 N–H and O–H groups in total. The zero-order valence-electron chi connectivity index (χ0n) is 15.0. The molecule has 0 aromatic heterocycles. The number of esters is 1. The zero-order valence-corrected chi connectivity index (χ0v) is 16.5. The van der Waals surface area contributed by atoms with Gasteiger partial charge in [-0.1, -0.05) is 53.5 Å². The minimum atomic E-state index is -0.734. The third kappa shape index (κ3) is 5.22. The van der Waals surface area contributed by atoms with Crippen LogP contribution in [0, 0.1) is 0 Å². The van der Waals surface area contributed by atoms with Gasteiger partial charge in [0, 0.05) is 11.1 Å². The Hall–Kier alpha value is -3.15. The van der Waals surface area contributed by atoms with E-state index in [1.165, 1.54) is 24.3 Å². The largest absolute Gasteiger partial charge is 0.454 e. The van der Waals surface area contributed by atoms with E-state index >= 15 is 0 Å². The minimum Gasteiger partial charge on any atom is -0.454 e. The number of rotatable bonds is 6. The van der Waals surface area contributed by atoms with Crippen molar-refractivity contribution in [2.24, 2.45) is 0 Å². The van der Waals surface area contributed by atoms with Gasteiger partial charge in [-0.2, -0.15) is 0 Å². The van der Waals surface area contributed by atoms with Crippen molar-refractivity contribution in [3.63, 3.8) is 0 Å². The molecule has 0 radical (unpaired) electrons. The number of nitrogens with one attached hydrogen (secondary N) is 1. The summed E-state index contributed by atoms with van der Waals surface area (Å²) in [6.07, 6.45) is 0. The Morgan fingerprint density at radius 2 is 1.48 bits per heavy atom. The van der Waals surface area contributed by atoms with Crippen molar-refractivity contribution in [2.45, 2.75) is 0 Å². The molecule has 0 unspecified atom stereocenters. The lowest BCUT2D eigenvalue weighted by Crippen LogP contribution is -2.18. The molecular weight excluding hydrogens is 413 g/mol. The van der Waals surface area contributed by atoms with Crippen LogP contribution in [-0.4, -0.2) is 24.3 Å². The van der Waals surface area contributed by atoms with Crippen molar-refractivity contribution in [3.05, 3.63) is 99.5 Å². The van der Waals surface area contributed by atoms with Crippen LogP contribution in [0.4, 0.5) is 5.69 Å². The fourth-order valence-electron chi connectivity index (χ4n) is 2.52. The molecule has 0 atom stereocenters. The highest BCUT2D eigenvalue weighted by molar-refractivity contribution is 6.42. The summed E-state index contributed by atoms with van der Waals surface area (Å²) in [5.41, 5.74) is 1.15. The number of amides is 1. The first kappa shape index (κ1) is 20.6. The molecule has 146 valence electrons. The molecule has 0 aliphatic rings. The van der Waals surface area contributed by atoms with Crippen LogP contribution in [0.1, 0.15) is 31.1 Å². The first-order valence-corrected chi connectivity index (χ1v) is 9.32. The number of anilines is 1. The zero-order chi connectivity index (χ0) is 20.8. The standard InChI is InChI=1S/C22H15Cl2NO4/c23-17-11-10-15(12-18(17)24)20(26)13-29-22(28)16-8-4-5-9-19(16)25-21(27)14-6-2-1-3-7-14/h1-12H,13H2,(H,25,27). The Labute approximate surface area is 177 Å². The highest BCUT2D eigenvalue weighted by Gasteiger charge is 2.17. The molecule has 1 amide bonds. The molecule has 0 fully saturated rings. The van der Waals surface area contributed by atoms with Gasteiger partial charge in [0.25, 0.3) is 5.91 Å². The lowest BCUT2D eigenvalue weighted by molar-refractivity contribution is 0.0475. The maximum absolute atomic E-state index is 12.5. The van der Waals surface area contributed by atoms with E-state index < -0.39 is 18.4 Å². The van der Waals surface area contributed by atoms with Crippen molar-refractivity contribution in [1.82, 2.24) is 0 Å². The van der Waals surface area contributed by atoms with Crippen LogP contribution in [0.25, 0.3) is 0 Å². The Morgan fingerprint density at radius 3 is 2.21 bits per heavy atom. The molecule has 5 nitrogen and oxygen atoms in total. The van der Waals surface area contributed by atoms with Crippen LogP contribution in [0.3, 0.4) is 0 Å². The van der Waals surface area contributed by atoms with Gasteiger partial charge >= 0.3 is 5.97 Å². The Morgan fingerprint density at radius 1 is 0.793 bits per heavy atom. The van der Waals surface area contributed by atoms with E-state index in [4.69, 9.17) is 27.9 Å². The molecule has 7 heteroatoms. The van der Waals surface area contributed by atoms with Crippen LogP contribution < -0.4 is 5.32 Å². The van der Waals surface area contributed by atoms with Crippen LogP contribution in [0.5, 0.6) is 0 Å².